The molecule has 1 aromatic carbocycles. The van der Waals surface area contributed by atoms with Crippen molar-refractivity contribution in [2.75, 3.05) is 26.1 Å². The summed E-state index contributed by atoms with van der Waals surface area (Å²) in [5, 5.41) is 0.985. The molecule has 1 aliphatic heterocycles. The average molecular weight is 357 g/mol. The van der Waals surface area contributed by atoms with E-state index >= 15 is 0 Å². The van der Waals surface area contributed by atoms with Gasteiger partial charge in [-0.3, -0.25) is 4.79 Å². The second-order valence-corrected chi connectivity index (χ2v) is 6.82. The molecule has 3 aromatic rings. The predicted octanol–water partition coefficient (Wildman–Crippen LogP) is 2.53. The van der Waals surface area contributed by atoms with Crippen molar-refractivity contribution >= 4 is 22.7 Å². The van der Waals surface area contributed by atoms with Crippen molar-refractivity contribution in [1.82, 2.24) is 14.5 Å². The summed E-state index contributed by atoms with van der Waals surface area (Å²) in [6.45, 7) is 2.40. The molecule has 25 heavy (non-hydrogen) atoms. The van der Waals surface area contributed by atoms with Crippen LogP contribution >= 0.6 is 11.8 Å². The number of hydrogen-bond acceptors (Lipinski definition) is 5. The number of nitrogens with one attached hydrogen (secondary N) is 1. The Kier molecular flexibility index (Phi) is 4.61. The number of nitrogens with zero attached hydrogens (tertiary/aromatic N) is 2. The molecule has 6 nitrogen and oxygen atoms in total. The van der Waals surface area contributed by atoms with Crippen molar-refractivity contribution in [3.05, 3.63) is 47.0 Å². The molecule has 0 radical (unpaired) electrons. The fourth-order valence-corrected chi connectivity index (χ4v) is 3.48. The second kappa shape index (κ2) is 7.03. The highest BCUT2D eigenvalue weighted by Gasteiger charge is 2.18. The lowest BCUT2D eigenvalue weighted by molar-refractivity contribution is -0.0934. The molecule has 1 aliphatic rings. The molecule has 0 spiro atoms. The first-order valence-electron chi connectivity index (χ1n) is 8.16. The van der Waals surface area contributed by atoms with Crippen molar-refractivity contribution < 1.29 is 9.47 Å². The summed E-state index contributed by atoms with van der Waals surface area (Å²) in [5.74, 6) is 0.645. The van der Waals surface area contributed by atoms with Gasteiger partial charge < -0.3 is 19.0 Å². The molecule has 3 heterocycles. The predicted molar refractivity (Wildman–Crippen MR) is 98.1 cm³/mol. The standard InChI is InChI=1S/C18H19N3O3S/c1-25-14-3-2-12-8-15(18(22)20-16(12)9-14)17-19-4-5-21(17)10-13-11-23-6-7-24-13/h2-5,8-9,13H,6-7,10-11H2,1H3,(H,20,22). The molecule has 2 aromatic heterocycles. The second-order valence-electron chi connectivity index (χ2n) is 5.94. The fourth-order valence-electron chi connectivity index (χ4n) is 3.04. The van der Waals surface area contributed by atoms with E-state index in [4.69, 9.17) is 9.47 Å². The van der Waals surface area contributed by atoms with Gasteiger partial charge >= 0.3 is 0 Å². The number of H-pyrrole nitrogens is 1. The van der Waals surface area contributed by atoms with Gasteiger partial charge in [0.1, 0.15) is 5.82 Å². The fraction of sp³-hybridized carbons (Fsp3) is 0.333. The highest BCUT2D eigenvalue weighted by atomic mass is 32.2. The molecule has 130 valence electrons. The number of thioether (sulfide) groups is 1. The minimum atomic E-state index is -0.140. The number of ether oxygens (including phenoxy) is 2. The summed E-state index contributed by atoms with van der Waals surface area (Å²) >= 11 is 1.65. The van der Waals surface area contributed by atoms with Gasteiger partial charge in [-0.25, -0.2) is 4.98 Å². The van der Waals surface area contributed by atoms with Gasteiger partial charge in [-0.05, 0) is 29.8 Å². The Hall–Kier alpha value is -2.09. The Morgan fingerprint density at radius 2 is 2.28 bits per heavy atom. The number of pyridine rings is 1. The Morgan fingerprint density at radius 1 is 1.36 bits per heavy atom. The van der Waals surface area contributed by atoms with Crippen LogP contribution in [-0.4, -0.2) is 46.7 Å². The van der Waals surface area contributed by atoms with Crippen LogP contribution in [0.5, 0.6) is 0 Å². The Bertz CT molecular complexity index is 944. The average Bonchev–Trinajstić information content (AvgIpc) is 3.09. The minimum absolute atomic E-state index is 0.0228. The van der Waals surface area contributed by atoms with Crippen LogP contribution in [0.1, 0.15) is 0 Å². The maximum atomic E-state index is 12.6. The monoisotopic (exact) mass is 357 g/mol. The maximum Gasteiger partial charge on any atom is 0.259 e. The van der Waals surface area contributed by atoms with E-state index in [0.29, 0.717) is 37.8 Å². The molecular formula is C18H19N3O3S. The van der Waals surface area contributed by atoms with E-state index in [0.717, 1.165) is 15.8 Å². The first-order chi connectivity index (χ1) is 12.2. The molecule has 0 aliphatic carbocycles. The van der Waals surface area contributed by atoms with Gasteiger partial charge in [0, 0.05) is 22.8 Å². The van der Waals surface area contributed by atoms with Crippen molar-refractivity contribution in [2.45, 2.75) is 17.5 Å². The summed E-state index contributed by atoms with van der Waals surface area (Å²) in [4.78, 5) is 21.1. The van der Waals surface area contributed by atoms with E-state index in [-0.39, 0.29) is 11.7 Å². The molecule has 1 N–H and O–H groups in total. The Balaban J connectivity index is 1.71. The van der Waals surface area contributed by atoms with Gasteiger partial charge in [0.05, 0.1) is 38.0 Å². The number of imidazole rings is 1. The third-order valence-electron chi connectivity index (χ3n) is 4.29. The molecule has 0 saturated carbocycles. The highest BCUT2D eigenvalue weighted by Crippen LogP contribution is 2.23. The number of fused-ring (bicyclic) bond motifs is 1. The van der Waals surface area contributed by atoms with E-state index in [9.17, 15) is 4.79 Å². The van der Waals surface area contributed by atoms with E-state index in [1.165, 1.54) is 0 Å². The normalized spacial score (nSPS) is 17.9. The van der Waals surface area contributed by atoms with E-state index in [2.05, 4.69) is 16.0 Å². The SMILES string of the molecule is CSc1ccc2cc(-c3nccn3CC3COCCO3)c(=O)[nH]c2c1. The lowest BCUT2D eigenvalue weighted by Gasteiger charge is -2.23. The Labute approximate surface area is 149 Å². The van der Waals surface area contributed by atoms with Gasteiger partial charge in [0.2, 0.25) is 0 Å². The van der Waals surface area contributed by atoms with Gasteiger partial charge in [-0.1, -0.05) is 6.07 Å². The van der Waals surface area contributed by atoms with E-state index < -0.39 is 0 Å². The summed E-state index contributed by atoms with van der Waals surface area (Å²) in [6, 6.07) is 7.96. The third-order valence-corrected chi connectivity index (χ3v) is 5.02. The van der Waals surface area contributed by atoms with Crippen molar-refractivity contribution in [3.8, 4) is 11.4 Å². The maximum absolute atomic E-state index is 12.6. The molecule has 0 amide bonds. The van der Waals surface area contributed by atoms with Gasteiger partial charge in [0.15, 0.2) is 0 Å². The quantitative estimate of drug-likeness (QED) is 0.727. The zero-order chi connectivity index (χ0) is 17.2. The van der Waals surface area contributed by atoms with Crippen LogP contribution in [0, 0.1) is 0 Å². The van der Waals surface area contributed by atoms with Crippen LogP contribution < -0.4 is 5.56 Å². The largest absolute Gasteiger partial charge is 0.376 e. The summed E-state index contributed by atoms with van der Waals surface area (Å²) in [7, 11) is 0. The summed E-state index contributed by atoms with van der Waals surface area (Å²) in [6.07, 6.45) is 5.57. The Morgan fingerprint density at radius 3 is 3.08 bits per heavy atom. The third kappa shape index (κ3) is 3.35. The van der Waals surface area contributed by atoms with Crippen LogP contribution in [0.25, 0.3) is 22.3 Å². The molecule has 4 rings (SSSR count). The van der Waals surface area contributed by atoms with Crippen LogP contribution in [-0.2, 0) is 16.0 Å². The number of aromatic amines is 1. The number of benzene rings is 1. The van der Waals surface area contributed by atoms with Crippen LogP contribution in [0.4, 0.5) is 0 Å². The number of rotatable bonds is 4. The van der Waals surface area contributed by atoms with Crippen molar-refractivity contribution in [1.29, 1.82) is 0 Å². The molecule has 1 fully saturated rings. The zero-order valence-electron chi connectivity index (χ0n) is 13.9. The number of aromatic nitrogens is 3. The van der Waals surface area contributed by atoms with Crippen molar-refractivity contribution in [3.63, 3.8) is 0 Å². The molecule has 1 saturated heterocycles. The zero-order valence-corrected chi connectivity index (χ0v) is 14.7. The topological polar surface area (TPSA) is 69.1 Å². The molecule has 0 bridgehead atoms. The molecule has 1 unspecified atom stereocenters. The molecule has 1 atom stereocenters. The van der Waals surface area contributed by atoms with Gasteiger partial charge in [-0.15, -0.1) is 11.8 Å². The van der Waals surface area contributed by atoms with Crippen LogP contribution in [0.15, 0.2) is 46.3 Å². The van der Waals surface area contributed by atoms with Crippen molar-refractivity contribution in [2.24, 2.45) is 0 Å². The molecule has 7 heteroatoms. The highest BCUT2D eigenvalue weighted by molar-refractivity contribution is 7.98. The lowest BCUT2D eigenvalue weighted by atomic mass is 10.1. The van der Waals surface area contributed by atoms with Gasteiger partial charge in [-0.2, -0.15) is 0 Å². The van der Waals surface area contributed by atoms with Crippen LogP contribution in [0.3, 0.4) is 0 Å². The lowest BCUT2D eigenvalue weighted by Crippen LogP contribution is -2.32. The summed E-state index contributed by atoms with van der Waals surface area (Å²) < 4.78 is 13.1. The van der Waals surface area contributed by atoms with E-state index in [1.54, 1.807) is 18.0 Å². The van der Waals surface area contributed by atoms with E-state index in [1.807, 2.05) is 35.2 Å². The smallest absolute Gasteiger partial charge is 0.259 e. The van der Waals surface area contributed by atoms with Gasteiger partial charge in [0.25, 0.3) is 5.56 Å². The number of hydrogen-bond donors (Lipinski definition) is 1. The first kappa shape index (κ1) is 16.4. The minimum Gasteiger partial charge on any atom is -0.376 e. The van der Waals surface area contributed by atoms with Crippen LogP contribution in [0.2, 0.25) is 0 Å². The first-order valence-corrected chi connectivity index (χ1v) is 9.39. The summed E-state index contributed by atoms with van der Waals surface area (Å²) in [5.41, 5.74) is 1.26. The molecular weight excluding hydrogens is 338 g/mol.